The molecule has 1 atom stereocenters. The summed E-state index contributed by atoms with van der Waals surface area (Å²) in [6.07, 6.45) is -2.14. The molecular weight excluding hydrogens is 395 g/mol. The van der Waals surface area contributed by atoms with Gasteiger partial charge in [0.1, 0.15) is 11.6 Å². The molecule has 0 aliphatic carbocycles. The van der Waals surface area contributed by atoms with E-state index in [1.165, 1.54) is 19.2 Å². The maximum absolute atomic E-state index is 13.3. The Balaban J connectivity index is 1.90. The lowest BCUT2D eigenvalue weighted by Crippen LogP contribution is -2.15. The molecule has 0 radical (unpaired) electrons. The molecule has 0 saturated heterocycles. The fourth-order valence-electron chi connectivity index (χ4n) is 3.81. The van der Waals surface area contributed by atoms with Crippen molar-refractivity contribution in [2.75, 3.05) is 13.7 Å². The minimum atomic E-state index is -4.49. The van der Waals surface area contributed by atoms with Gasteiger partial charge in [0.15, 0.2) is 0 Å². The fourth-order valence-corrected chi connectivity index (χ4v) is 3.81. The molecule has 3 heterocycles. The Hall–Kier alpha value is -2.87. The zero-order valence-electron chi connectivity index (χ0n) is 17.0. The Bertz CT molecular complexity index is 1080. The number of methoxy groups -OCH3 is 1. The highest BCUT2D eigenvalue weighted by Gasteiger charge is 2.35. The van der Waals surface area contributed by atoms with Gasteiger partial charge in [-0.1, -0.05) is 6.07 Å². The lowest BCUT2D eigenvalue weighted by atomic mass is 10.1. The molecule has 1 aliphatic heterocycles. The van der Waals surface area contributed by atoms with Crippen molar-refractivity contribution in [2.24, 2.45) is 0 Å². The number of aryl methyl sites for hydroxylation is 1. The summed E-state index contributed by atoms with van der Waals surface area (Å²) in [6.45, 7) is 5.00. The Morgan fingerprint density at radius 2 is 1.97 bits per heavy atom. The van der Waals surface area contributed by atoms with E-state index in [-0.39, 0.29) is 11.9 Å². The van der Waals surface area contributed by atoms with Crippen LogP contribution in [0.25, 0.3) is 22.6 Å². The van der Waals surface area contributed by atoms with Crippen molar-refractivity contribution in [2.45, 2.75) is 39.1 Å². The molecule has 0 N–H and O–H groups in total. The number of aromatic nitrogens is 3. The molecule has 0 bridgehead atoms. The van der Waals surface area contributed by atoms with E-state index in [9.17, 15) is 13.2 Å². The number of hydrogen-bond donors (Lipinski definition) is 0. The van der Waals surface area contributed by atoms with Gasteiger partial charge in [-0.2, -0.15) is 13.2 Å². The zero-order valence-corrected chi connectivity index (χ0v) is 17.0. The third-order valence-electron chi connectivity index (χ3n) is 5.19. The van der Waals surface area contributed by atoms with Gasteiger partial charge in [-0.15, -0.1) is 0 Å². The number of benzene rings is 1. The van der Waals surface area contributed by atoms with E-state index >= 15 is 0 Å². The summed E-state index contributed by atoms with van der Waals surface area (Å²) in [6, 6.07) is 7.73. The number of hydrogen-bond acceptors (Lipinski definition) is 4. The molecule has 5 nitrogen and oxygen atoms in total. The van der Waals surface area contributed by atoms with Crippen molar-refractivity contribution in [3.63, 3.8) is 0 Å². The third kappa shape index (κ3) is 3.79. The van der Waals surface area contributed by atoms with Crippen LogP contribution in [0.15, 0.2) is 36.5 Å². The Kier molecular flexibility index (Phi) is 5.27. The Morgan fingerprint density at radius 1 is 1.17 bits per heavy atom. The molecule has 0 spiro atoms. The van der Waals surface area contributed by atoms with Crippen LogP contribution in [0.5, 0.6) is 5.75 Å². The summed E-state index contributed by atoms with van der Waals surface area (Å²) in [7, 11) is 1.24. The van der Waals surface area contributed by atoms with E-state index in [1.54, 1.807) is 6.20 Å². The summed E-state index contributed by atoms with van der Waals surface area (Å²) in [5.74, 6) is 0.371. The summed E-state index contributed by atoms with van der Waals surface area (Å²) < 4.78 is 52.8. The molecule has 8 heteroatoms. The molecule has 158 valence electrons. The van der Waals surface area contributed by atoms with Gasteiger partial charge in [-0.05, 0) is 38.1 Å². The quantitative estimate of drug-likeness (QED) is 0.608. The second-order valence-corrected chi connectivity index (χ2v) is 7.37. The number of halogens is 3. The second-order valence-electron chi connectivity index (χ2n) is 7.37. The lowest BCUT2D eigenvalue weighted by Gasteiger charge is -2.15. The first-order chi connectivity index (χ1) is 14.3. The first kappa shape index (κ1) is 20.4. The molecule has 1 aliphatic rings. The maximum Gasteiger partial charge on any atom is 0.419 e. The zero-order chi connectivity index (χ0) is 21.5. The van der Waals surface area contributed by atoms with Gasteiger partial charge in [0, 0.05) is 35.1 Å². The molecule has 0 unspecified atom stereocenters. The minimum Gasteiger partial charge on any atom is -0.496 e. The van der Waals surface area contributed by atoms with Gasteiger partial charge < -0.3 is 14.0 Å². The van der Waals surface area contributed by atoms with Crippen molar-refractivity contribution >= 4 is 0 Å². The molecule has 1 aromatic carbocycles. The van der Waals surface area contributed by atoms with Crippen LogP contribution >= 0.6 is 0 Å². The summed E-state index contributed by atoms with van der Waals surface area (Å²) in [5.41, 5.74) is 3.34. The molecule has 30 heavy (non-hydrogen) atoms. The van der Waals surface area contributed by atoms with Crippen molar-refractivity contribution < 1.29 is 22.6 Å². The number of ether oxygens (including phenoxy) is 2. The first-order valence-electron chi connectivity index (χ1n) is 9.67. The summed E-state index contributed by atoms with van der Waals surface area (Å²) in [5, 5.41) is 0. The van der Waals surface area contributed by atoms with Crippen LogP contribution in [0, 0.1) is 6.92 Å². The Labute approximate surface area is 172 Å². The number of imidazole rings is 1. The number of pyridine rings is 1. The van der Waals surface area contributed by atoms with Gasteiger partial charge in [0.2, 0.25) is 0 Å². The van der Waals surface area contributed by atoms with E-state index in [0.717, 1.165) is 28.7 Å². The van der Waals surface area contributed by atoms with Crippen molar-refractivity contribution in [3.05, 3.63) is 53.5 Å². The minimum absolute atomic E-state index is 0.0393. The van der Waals surface area contributed by atoms with E-state index in [0.29, 0.717) is 31.0 Å². The molecule has 2 aromatic heterocycles. The highest BCUT2D eigenvalue weighted by Crippen LogP contribution is 2.39. The molecule has 0 saturated carbocycles. The smallest absolute Gasteiger partial charge is 0.419 e. The lowest BCUT2D eigenvalue weighted by molar-refractivity contribution is -0.138. The van der Waals surface area contributed by atoms with Gasteiger partial charge >= 0.3 is 6.18 Å². The molecule has 0 fully saturated rings. The highest BCUT2D eigenvalue weighted by molar-refractivity contribution is 5.69. The van der Waals surface area contributed by atoms with Crippen molar-refractivity contribution in [3.8, 4) is 28.4 Å². The highest BCUT2D eigenvalue weighted by atomic mass is 19.4. The predicted molar refractivity (Wildman–Crippen MR) is 106 cm³/mol. The molecule has 0 amide bonds. The predicted octanol–water partition coefficient (Wildman–Crippen LogP) is 4.91. The van der Waals surface area contributed by atoms with Gasteiger partial charge in [0.05, 0.1) is 37.6 Å². The number of rotatable bonds is 3. The van der Waals surface area contributed by atoms with Crippen LogP contribution in [0.2, 0.25) is 0 Å². The van der Waals surface area contributed by atoms with Crippen LogP contribution in [0.3, 0.4) is 0 Å². The number of fused-ring (bicyclic) bond motifs is 1. The molecule has 3 aromatic rings. The van der Waals surface area contributed by atoms with Crippen LogP contribution in [0.1, 0.15) is 23.9 Å². The molecule has 4 rings (SSSR count). The van der Waals surface area contributed by atoms with Gasteiger partial charge in [-0.25, -0.2) is 4.98 Å². The van der Waals surface area contributed by atoms with Crippen LogP contribution < -0.4 is 4.74 Å². The average molecular weight is 417 g/mol. The van der Waals surface area contributed by atoms with Crippen LogP contribution in [-0.4, -0.2) is 34.4 Å². The number of nitrogens with zero attached hydrogens (tertiary/aromatic N) is 3. The monoisotopic (exact) mass is 417 g/mol. The SMILES string of the molecule is COc1cc(-c2nc(-c3ccnc(C)c3)c3n2C[C@@H](C)OCC3)ccc1C(F)(F)F. The van der Waals surface area contributed by atoms with Gasteiger partial charge in [0.25, 0.3) is 0 Å². The van der Waals surface area contributed by atoms with Crippen molar-refractivity contribution in [1.82, 2.24) is 14.5 Å². The fraction of sp³-hybridized carbons (Fsp3) is 0.364. The van der Waals surface area contributed by atoms with E-state index in [2.05, 4.69) is 4.98 Å². The summed E-state index contributed by atoms with van der Waals surface area (Å²) >= 11 is 0. The topological polar surface area (TPSA) is 49.2 Å². The number of alkyl halides is 3. The Morgan fingerprint density at radius 3 is 2.67 bits per heavy atom. The average Bonchev–Trinajstić information content (AvgIpc) is 2.93. The second kappa shape index (κ2) is 7.75. The van der Waals surface area contributed by atoms with E-state index < -0.39 is 11.7 Å². The summed E-state index contributed by atoms with van der Waals surface area (Å²) in [4.78, 5) is 9.11. The van der Waals surface area contributed by atoms with Gasteiger partial charge in [-0.3, -0.25) is 4.98 Å². The molecular formula is C22H22F3N3O2. The van der Waals surface area contributed by atoms with Crippen molar-refractivity contribution in [1.29, 1.82) is 0 Å². The maximum atomic E-state index is 13.3. The van der Waals surface area contributed by atoms with E-state index in [1.807, 2.05) is 30.5 Å². The normalized spacial score (nSPS) is 16.8. The largest absolute Gasteiger partial charge is 0.496 e. The van der Waals surface area contributed by atoms with Crippen LogP contribution in [-0.2, 0) is 23.9 Å². The van der Waals surface area contributed by atoms with E-state index in [4.69, 9.17) is 14.5 Å². The van der Waals surface area contributed by atoms with Crippen LogP contribution in [0.4, 0.5) is 13.2 Å². The standard InChI is InChI=1S/C22H22F3N3O2/c1-13-10-15(6-8-26-13)20-18-7-9-30-14(2)12-28(18)21(27-20)16-4-5-17(22(23,24)25)19(11-16)29-3/h4-6,8,10-11,14H,7,9,12H2,1-3H3/t14-/m1/s1. The third-order valence-corrected chi connectivity index (χ3v) is 5.19. The first-order valence-corrected chi connectivity index (χ1v) is 9.67.